The van der Waals surface area contributed by atoms with E-state index in [4.69, 9.17) is 4.74 Å². The highest BCUT2D eigenvalue weighted by molar-refractivity contribution is 5.90. The highest BCUT2D eigenvalue weighted by Crippen LogP contribution is 2.41. The first kappa shape index (κ1) is 18.2. The van der Waals surface area contributed by atoms with Gasteiger partial charge in [0.15, 0.2) is 0 Å². The zero-order chi connectivity index (χ0) is 18.9. The Kier molecular flexibility index (Phi) is 4.90. The molecule has 1 aliphatic carbocycles. The molecule has 0 radical (unpaired) electrons. The van der Waals surface area contributed by atoms with Crippen LogP contribution >= 0.6 is 0 Å². The van der Waals surface area contributed by atoms with Crippen LogP contribution in [0.1, 0.15) is 61.2 Å². The van der Waals surface area contributed by atoms with Gasteiger partial charge in [-0.3, -0.25) is 0 Å². The number of fused-ring (bicyclic) bond motifs is 1. The molecule has 2 aromatic carbocycles. The summed E-state index contributed by atoms with van der Waals surface area (Å²) in [4.78, 5) is 11.8. The normalized spacial score (nSPS) is 15.0. The number of esters is 1. The summed E-state index contributed by atoms with van der Waals surface area (Å²) < 4.78 is 5.03. The minimum Gasteiger partial charge on any atom is -0.462 e. The SMILES string of the molecule is CCOC(=O)c1ccc(Nc2cc3c(cc2C)C(C)(C)CC=C3C)cc1. The molecule has 3 nitrogen and oxygen atoms in total. The summed E-state index contributed by atoms with van der Waals surface area (Å²) in [5, 5.41) is 3.49. The molecule has 0 amide bonds. The Balaban J connectivity index is 1.88. The Morgan fingerprint density at radius 3 is 2.50 bits per heavy atom. The molecule has 3 rings (SSSR count). The number of carbonyl (C=O) groups excluding carboxylic acids is 1. The van der Waals surface area contributed by atoms with Gasteiger partial charge in [-0.05, 0) is 85.2 Å². The van der Waals surface area contributed by atoms with E-state index in [2.05, 4.69) is 51.2 Å². The molecule has 0 saturated heterocycles. The van der Waals surface area contributed by atoms with E-state index < -0.39 is 0 Å². The lowest BCUT2D eigenvalue weighted by Crippen LogP contribution is -2.21. The summed E-state index contributed by atoms with van der Waals surface area (Å²) in [5.41, 5.74) is 8.08. The van der Waals surface area contributed by atoms with E-state index in [1.54, 1.807) is 12.1 Å². The standard InChI is InChI=1S/C23H27NO2/c1-6-26-22(25)17-7-9-18(10-8-17)24-21-14-19-15(2)11-12-23(4,5)20(19)13-16(21)3/h7-11,13-14,24H,6,12H2,1-5H3. The minimum absolute atomic E-state index is 0.166. The summed E-state index contributed by atoms with van der Waals surface area (Å²) in [6.07, 6.45) is 3.41. The Morgan fingerprint density at radius 1 is 1.15 bits per heavy atom. The number of nitrogens with one attached hydrogen (secondary N) is 1. The van der Waals surface area contributed by atoms with Gasteiger partial charge in [0.25, 0.3) is 0 Å². The number of rotatable bonds is 4. The van der Waals surface area contributed by atoms with Gasteiger partial charge >= 0.3 is 5.97 Å². The maximum Gasteiger partial charge on any atom is 0.338 e. The van der Waals surface area contributed by atoms with Crippen LogP contribution < -0.4 is 5.32 Å². The van der Waals surface area contributed by atoms with Crippen molar-refractivity contribution in [1.29, 1.82) is 0 Å². The predicted molar refractivity (Wildman–Crippen MR) is 108 cm³/mol. The van der Waals surface area contributed by atoms with Gasteiger partial charge in [-0.25, -0.2) is 4.79 Å². The average Bonchev–Trinajstić information content (AvgIpc) is 2.61. The quantitative estimate of drug-likeness (QED) is 0.688. The van der Waals surface area contributed by atoms with E-state index >= 15 is 0 Å². The number of aryl methyl sites for hydroxylation is 1. The molecule has 0 heterocycles. The Bertz CT molecular complexity index is 861. The molecular formula is C23H27NO2. The molecule has 136 valence electrons. The summed E-state index contributed by atoms with van der Waals surface area (Å²) >= 11 is 0. The van der Waals surface area contributed by atoms with Crippen molar-refractivity contribution < 1.29 is 9.53 Å². The maximum absolute atomic E-state index is 11.8. The summed E-state index contributed by atoms with van der Waals surface area (Å²) in [6.45, 7) is 11.1. The third kappa shape index (κ3) is 3.52. The second kappa shape index (κ2) is 6.99. The van der Waals surface area contributed by atoms with E-state index in [0.29, 0.717) is 12.2 Å². The van der Waals surface area contributed by atoms with Gasteiger partial charge in [0, 0.05) is 11.4 Å². The summed E-state index contributed by atoms with van der Waals surface area (Å²) in [5.74, 6) is -0.285. The van der Waals surface area contributed by atoms with Crippen molar-refractivity contribution in [3.8, 4) is 0 Å². The highest BCUT2D eigenvalue weighted by atomic mass is 16.5. The van der Waals surface area contributed by atoms with Crippen molar-refractivity contribution in [2.75, 3.05) is 11.9 Å². The van der Waals surface area contributed by atoms with Crippen LogP contribution in [-0.4, -0.2) is 12.6 Å². The zero-order valence-electron chi connectivity index (χ0n) is 16.3. The number of hydrogen-bond donors (Lipinski definition) is 1. The van der Waals surface area contributed by atoms with Crippen LogP contribution in [0.3, 0.4) is 0 Å². The zero-order valence-corrected chi connectivity index (χ0v) is 16.3. The van der Waals surface area contributed by atoms with Gasteiger partial charge in [0.05, 0.1) is 12.2 Å². The van der Waals surface area contributed by atoms with Gasteiger partial charge in [0.2, 0.25) is 0 Å². The number of carbonyl (C=O) groups is 1. The molecule has 0 unspecified atom stereocenters. The van der Waals surface area contributed by atoms with Crippen LogP contribution in [0.25, 0.3) is 5.57 Å². The van der Waals surface area contributed by atoms with Gasteiger partial charge in [-0.15, -0.1) is 0 Å². The van der Waals surface area contributed by atoms with Gasteiger partial charge in [0.1, 0.15) is 0 Å². The lowest BCUT2D eigenvalue weighted by Gasteiger charge is -2.32. The Morgan fingerprint density at radius 2 is 1.85 bits per heavy atom. The van der Waals surface area contributed by atoms with E-state index in [-0.39, 0.29) is 11.4 Å². The van der Waals surface area contributed by atoms with Gasteiger partial charge in [-0.1, -0.05) is 26.0 Å². The van der Waals surface area contributed by atoms with Crippen molar-refractivity contribution in [2.45, 2.75) is 46.5 Å². The number of hydrogen-bond acceptors (Lipinski definition) is 3. The molecule has 0 atom stereocenters. The number of ether oxygens (including phenoxy) is 1. The van der Waals surface area contributed by atoms with Crippen LogP contribution in [-0.2, 0) is 10.2 Å². The monoisotopic (exact) mass is 349 g/mol. The van der Waals surface area contributed by atoms with Crippen molar-refractivity contribution in [2.24, 2.45) is 0 Å². The van der Waals surface area contributed by atoms with Gasteiger partial charge < -0.3 is 10.1 Å². The van der Waals surface area contributed by atoms with E-state index in [0.717, 1.165) is 17.8 Å². The smallest absolute Gasteiger partial charge is 0.338 e. The first-order chi connectivity index (χ1) is 12.3. The van der Waals surface area contributed by atoms with Crippen LogP contribution in [0.2, 0.25) is 0 Å². The Hall–Kier alpha value is -2.55. The van der Waals surface area contributed by atoms with Crippen molar-refractivity contribution in [1.82, 2.24) is 0 Å². The highest BCUT2D eigenvalue weighted by Gasteiger charge is 2.27. The third-order valence-electron chi connectivity index (χ3n) is 5.11. The first-order valence-corrected chi connectivity index (χ1v) is 9.18. The fraction of sp³-hybridized carbons (Fsp3) is 0.348. The molecule has 1 N–H and O–H groups in total. The topological polar surface area (TPSA) is 38.3 Å². The largest absolute Gasteiger partial charge is 0.462 e. The van der Waals surface area contributed by atoms with Crippen LogP contribution in [0, 0.1) is 6.92 Å². The summed E-state index contributed by atoms with van der Waals surface area (Å²) in [6, 6.07) is 12.0. The average molecular weight is 349 g/mol. The van der Waals surface area contributed by atoms with Crippen LogP contribution in [0.15, 0.2) is 42.5 Å². The van der Waals surface area contributed by atoms with Crippen molar-refractivity contribution >= 4 is 22.9 Å². The Labute approximate surface area is 156 Å². The fourth-order valence-corrected chi connectivity index (χ4v) is 3.42. The fourth-order valence-electron chi connectivity index (χ4n) is 3.42. The van der Waals surface area contributed by atoms with E-state index in [1.807, 2.05) is 19.1 Å². The van der Waals surface area contributed by atoms with Gasteiger partial charge in [-0.2, -0.15) is 0 Å². The minimum atomic E-state index is -0.285. The maximum atomic E-state index is 11.8. The molecular weight excluding hydrogens is 322 g/mol. The molecule has 3 heteroatoms. The van der Waals surface area contributed by atoms with E-state index in [9.17, 15) is 4.79 Å². The number of anilines is 2. The summed E-state index contributed by atoms with van der Waals surface area (Å²) in [7, 11) is 0. The molecule has 26 heavy (non-hydrogen) atoms. The molecule has 0 aromatic heterocycles. The molecule has 0 bridgehead atoms. The molecule has 2 aromatic rings. The first-order valence-electron chi connectivity index (χ1n) is 9.18. The molecule has 0 saturated carbocycles. The number of benzene rings is 2. The van der Waals surface area contributed by atoms with Crippen LogP contribution in [0.5, 0.6) is 0 Å². The van der Waals surface area contributed by atoms with Crippen molar-refractivity contribution in [3.63, 3.8) is 0 Å². The molecule has 1 aliphatic rings. The second-order valence-electron chi connectivity index (χ2n) is 7.61. The lowest BCUT2D eigenvalue weighted by atomic mass is 9.73. The number of allylic oxidation sites excluding steroid dienone is 2. The second-order valence-corrected chi connectivity index (χ2v) is 7.61. The molecule has 0 spiro atoms. The van der Waals surface area contributed by atoms with E-state index in [1.165, 1.54) is 22.3 Å². The molecule has 0 aliphatic heterocycles. The molecule has 0 fully saturated rings. The lowest BCUT2D eigenvalue weighted by molar-refractivity contribution is 0.0526. The third-order valence-corrected chi connectivity index (χ3v) is 5.11. The van der Waals surface area contributed by atoms with Crippen molar-refractivity contribution in [3.05, 3.63) is 64.7 Å². The predicted octanol–water partition coefficient (Wildman–Crippen LogP) is 6.00. The van der Waals surface area contributed by atoms with Crippen LogP contribution in [0.4, 0.5) is 11.4 Å².